The fourth-order valence-corrected chi connectivity index (χ4v) is 3.08. The summed E-state index contributed by atoms with van der Waals surface area (Å²) in [6, 6.07) is 18.3. The Morgan fingerprint density at radius 2 is 1.83 bits per heavy atom. The van der Waals surface area contributed by atoms with E-state index < -0.39 is 0 Å². The van der Waals surface area contributed by atoms with Gasteiger partial charge in [-0.25, -0.2) is 4.68 Å². The molecule has 1 N–H and O–H groups in total. The lowest BCUT2D eigenvalue weighted by molar-refractivity contribution is -0.116. The Morgan fingerprint density at radius 1 is 1.09 bits per heavy atom. The van der Waals surface area contributed by atoms with Crippen molar-refractivity contribution in [3.63, 3.8) is 0 Å². The van der Waals surface area contributed by atoms with E-state index >= 15 is 0 Å². The Balaban J connectivity index is 1.81. The number of fused-ring (bicyclic) bond motifs is 1. The van der Waals surface area contributed by atoms with Gasteiger partial charge in [-0.3, -0.25) is 4.79 Å². The van der Waals surface area contributed by atoms with Crippen molar-refractivity contribution in [2.45, 2.75) is 19.3 Å². The number of rotatable bonds is 2. The first-order valence-corrected chi connectivity index (χ1v) is 7.72. The van der Waals surface area contributed by atoms with Gasteiger partial charge in [-0.2, -0.15) is 5.10 Å². The van der Waals surface area contributed by atoms with Crippen molar-refractivity contribution in [1.29, 1.82) is 0 Å². The van der Waals surface area contributed by atoms with Gasteiger partial charge in [-0.15, -0.1) is 0 Å². The van der Waals surface area contributed by atoms with Gasteiger partial charge < -0.3 is 5.32 Å². The highest BCUT2D eigenvalue weighted by Crippen LogP contribution is 2.37. The van der Waals surface area contributed by atoms with Gasteiger partial charge in [0, 0.05) is 17.9 Å². The van der Waals surface area contributed by atoms with Crippen LogP contribution in [-0.2, 0) is 4.79 Å². The molecule has 2 heterocycles. The monoisotopic (exact) mass is 303 g/mol. The number of hydrogen-bond acceptors (Lipinski definition) is 2. The van der Waals surface area contributed by atoms with Crippen LogP contribution in [0.15, 0.2) is 60.8 Å². The maximum atomic E-state index is 12.2. The fraction of sp³-hybridized carbons (Fsp3) is 0.158. The normalized spacial score (nSPS) is 16.7. The third-order valence-corrected chi connectivity index (χ3v) is 4.30. The van der Waals surface area contributed by atoms with E-state index in [1.54, 1.807) is 0 Å². The zero-order valence-corrected chi connectivity index (χ0v) is 12.9. The minimum atomic E-state index is 0.0280. The first-order chi connectivity index (χ1) is 11.2. The molecule has 0 bridgehead atoms. The Morgan fingerprint density at radius 3 is 2.57 bits per heavy atom. The van der Waals surface area contributed by atoms with Crippen LogP contribution in [-0.4, -0.2) is 15.7 Å². The van der Waals surface area contributed by atoms with E-state index in [0.29, 0.717) is 6.42 Å². The molecule has 23 heavy (non-hydrogen) atoms. The Kier molecular flexibility index (Phi) is 3.23. The molecular weight excluding hydrogens is 286 g/mol. The summed E-state index contributed by atoms with van der Waals surface area (Å²) in [5, 5.41) is 7.49. The summed E-state index contributed by atoms with van der Waals surface area (Å²) >= 11 is 0. The summed E-state index contributed by atoms with van der Waals surface area (Å²) in [7, 11) is 0. The van der Waals surface area contributed by atoms with E-state index in [9.17, 15) is 4.79 Å². The van der Waals surface area contributed by atoms with Crippen LogP contribution >= 0.6 is 0 Å². The number of aryl methyl sites for hydroxylation is 1. The Bertz CT molecular complexity index is 850. The number of aromatic nitrogens is 2. The lowest BCUT2D eigenvalue weighted by Gasteiger charge is -2.23. The number of hydrogen-bond donors (Lipinski definition) is 1. The van der Waals surface area contributed by atoms with Gasteiger partial charge in [0.2, 0.25) is 5.91 Å². The van der Waals surface area contributed by atoms with Crippen LogP contribution in [0, 0.1) is 6.92 Å². The fourth-order valence-electron chi connectivity index (χ4n) is 3.08. The van der Waals surface area contributed by atoms with Gasteiger partial charge in [0.05, 0.1) is 11.9 Å². The molecule has 0 radical (unpaired) electrons. The first kappa shape index (κ1) is 13.8. The Hall–Kier alpha value is -2.88. The second kappa shape index (κ2) is 5.39. The third kappa shape index (κ3) is 2.42. The van der Waals surface area contributed by atoms with Crippen molar-refractivity contribution >= 4 is 11.7 Å². The highest BCUT2D eigenvalue weighted by Gasteiger charge is 2.30. The lowest BCUT2D eigenvalue weighted by Crippen LogP contribution is -2.24. The molecule has 114 valence electrons. The van der Waals surface area contributed by atoms with Crippen LogP contribution in [0.4, 0.5) is 5.82 Å². The molecule has 0 spiro atoms. The second-order valence-corrected chi connectivity index (χ2v) is 5.91. The molecule has 4 rings (SSSR count). The van der Waals surface area contributed by atoms with Crippen molar-refractivity contribution in [2.24, 2.45) is 0 Å². The molecular formula is C19H17N3O. The number of carbonyl (C=O) groups excluding carboxylic acids is 1. The summed E-state index contributed by atoms with van der Waals surface area (Å²) in [6.07, 6.45) is 2.32. The van der Waals surface area contributed by atoms with Gasteiger partial charge >= 0.3 is 0 Å². The SMILES string of the molecule is Cc1ccc(-n2ncc3c2NC(=O)CC3c2ccccc2)cc1. The average Bonchev–Trinajstić information content (AvgIpc) is 2.99. The molecule has 1 unspecified atom stereocenters. The largest absolute Gasteiger partial charge is 0.310 e. The lowest BCUT2D eigenvalue weighted by atomic mass is 9.87. The minimum Gasteiger partial charge on any atom is -0.310 e. The predicted molar refractivity (Wildman–Crippen MR) is 89.8 cm³/mol. The maximum Gasteiger partial charge on any atom is 0.226 e. The van der Waals surface area contributed by atoms with Crippen LogP contribution < -0.4 is 5.32 Å². The highest BCUT2D eigenvalue weighted by atomic mass is 16.1. The number of carbonyl (C=O) groups is 1. The summed E-state index contributed by atoms with van der Waals surface area (Å²) in [5.74, 6) is 0.860. The quantitative estimate of drug-likeness (QED) is 0.785. The highest BCUT2D eigenvalue weighted by molar-refractivity contribution is 5.94. The topological polar surface area (TPSA) is 46.9 Å². The van der Waals surface area contributed by atoms with E-state index in [0.717, 1.165) is 22.6 Å². The van der Waals surface area contributed by atoms with E-state index in [2.05, 4.69) is 29.5 Å². The Labute approximate surface area is 134 Å². The van der Waals surface area contributed by atoms with Gasteiger partial charge in [0.25, 0.3) is 0 Å². The summed E-state index contributed by atoms with van der Waals surface area (Å²) < 4.78 is 1.81. The molecule has 0 saturated carbocycles. The summed E-state index contributed by atoms with van der Waals surface area (Å²) in [6.45, 7) is 2.05. The molecule has 1 aromatic heterocycles. The van der Waals surface area contributed by atoms with Crippen LogP contribution in [0.25, 0.3) is 5.69 Å². The molecule has 1 amide bonds. The van der Waals surface area contributed by atoms with E-state index in [1.165, 1.54) is 5.56 Å². The van der Waals surface area contributed by atoms with E-state index in [4.69, 9.17) is 0 Å². The van der Waals surface area contributed by atoms with Crippen molar-refractivity contribution in [3.8, 4) is 5.69 Å². The smallest absolute Gasteiger partial charge is 0.226 e. The molecule has 2 aromatic carbocycles. The van der Waals surface area contributed by atoms with Gasteiger partial charge in [-0.05, 0) is 24.6 Å². The van der Waals surface area contributed by atoms with Crippen molar-refractivity contribution in [2.75, 3.05) is 5.32 Å². The maximum absolute atomic E-state index is 12.2. The molecule has 1 atom stereocenters. The second-order valence-electron chi connectivity index (χ2n) is 5.91. The summed E-state index contributed by atoms with van der Waals surface area (Å²) in [4.78, 5) is 12.2. The number of amides is 1. The number of nitrogens with zero attached hydrogens (tertiary/aromatic N) is 2. The molecule has 4 nitrogen and oxygen atoms in total. The zero-order chi connectivity index (χ0) is 15.8. The molecule has 0 aliphatic carbocycles. The number of benzene rings is 2. The molecule has 0 saturated heterocycles. The number of anilines is 1. The number of nitrogens with one attached hydrogen (secondary N) is 1. The molecule has 1 aliphatic rings. The predicted octanol–water partition coefficient (Wildman–Crippen LogP) is 3.65. The van der Waals surface area contributed by atoms with Crippen LogP contribution in [0.5, 0.6) is 0 Å². The minimum absolute atomic E-state index is 0.0280. The van der Waals surface area contributed by atoms with E-state index in [1.807, 2.05) is 53.3 Å². The zero-order valence-electron chi connectivity index (χ0n) is 12.9. The molecule has 0 fully saturated rings. The van der Waals surface area contributed by atoms with Gasteiger partial charge in [-0.1, -0.05) is 48.0 Å². The van der Waals surface area contributed by atoms with Crippen LogP contribution in [0.3, 0.4) is 0 Å². The van der Waals surface area contributed by atoms with Crippen molar-refractivity contribution in [1.82, 2.24) is 9.78 Å². The standard InChI is InChI=1S/C19H17N3O/c1-13-7-9-15(10-8-13)22-19-17(12-20-22)16(11-18(23)21-19)14-5-3-2-4-6-14/h2-10,12,16H,11H2,1H3,(H,21,23). The van der Waals surface area contributed by atoms with Crippen LogP contribution in [0.2, 0.25) is 0 Å². The molecule has 3 aromatic rings. The van der Waals surface area contributed by atoms with Crippen LogP contribution in [0.1, 0.15) is 29.0 Å². The van der Waals surface area contributed by atoms with Crippen molar-refractivity contribution < 1.29 is 4.79 Å². The molecule has 4 heteroatoms. The van der Waals surface area contributed by atoms with E-state index in [-0.39, 0.29) is 11.8 Å². The van der Waals surface area contributed by atoms with Gasteiger partial charge in [0.15, 0.2) is 0 Å². The average molecular weight is 303 g/mol. The van der Waals surface area contributed by atoms with Crippen molar-refractivity contribution in [3.05, 3.63) is 77.5 Å². The van der Waals surface area contributed by atoms with Gasteiger partial charge in [0.1, 0.15) is 5.82 Å². The third-order valence-electron chi connectivity index (χ3n) is 4.30. The molecule has 1 aliphatic heterocycles. The summed E-state index contributed by atoms with van der Waals surface area (Å²) in [5.41, 5.74) is 4.36. The first-order valence-electron chi connectivity index (χ1n) is 7.72.